The van der Waals surface area contributed by atoms with Crippen molar-refractivity contribution in [1.29, 1.82) is 0 Å². The second-order valence-electron chi connectivity index (χ2n) is 4.82. The fourth-order valence-corrected chi connectivity index (χ4v) is 1.92. The summed E-state index contributed by atoms with van der Waals surface area (Å²) in [6.45, 7) is 3.30. The molecule has 0 aliphatic heterocycles. The van der Waals surface area contributed by atoms with Crippen LogP contribution in [0.3, 0.4) is 0 Å². The van der Waals surface area contributed by atoms with Gasteiger partial charge in [-0.2, -0.15) is 0 Å². The molecule has 1 aliphatic rings. The van der Waals surface area contributed by atoms with Gasteiger partial charge in [-0.25, -0.2) is 4.79 Å². The zero-order valence-corrected chi connectivity index (χ0v) is 10.6. The van der Waals surface area contributed by atoms with Crippen molar-refractivity contribution in [2.45, 2.75) is 57.9 Å². The van der Waals surface area contributed by atoms with Gasteiger partial charge in [-0.3, -0.25) is 4.79 Å². The smallest absolute Gasteiger partial charge is 0.329 e. The van der Waals surface area contributed by atoms with E-state index in [1.807, 2.05) is 0 Å². The van der Waals surface area contributed by atoms with Crippen LogP contribution in [-0.4, -0.2) is 22.5 Å². The maximum Gasteiger partial charge on any atom is 0.329 e. The molecule has 0 bridgehead atoms. The van der Waals surface area contributed by atoms with Gasteiger partial charge >= 0.3 is 5.97 Å². The number of carbonyl (C=O) groups is 2. The third-order valence-electron chi connectivity index (χ3n) is 3.37. The summed E-state index contributed by atoms with van der Waals surface area (Å²) >= 11 is 0. The molecule has 1 rings (SSSR count). The van der Waals surface area contributed by atoms with Crippen molar-refractivity contribution < 1.29 is 14.7 Å². The molecule has 4 nitrogen and oxygen atoms in total. The Bertz CT molecular complexity index is 336. The Morgan fingerprint density at radius 1 is 1.47 bits per heavy atom. The average molecular weight is 239 g/mol. The number of carboxylic acid groups (broad SMARTS) is 1. The minimum absolute atomic E-state index is 0.190. The van der Waals surface area contributed by atoms with Crippen LogP contribution < -0.4 is 5.32 Å². The van der Waals surface area contributed by atoms with Crippen molar-refractivity contribution in [3.05, 3.63) is 11.6 Å². The highest BCUT2D eigenvalue weighted by Gasteiger charge is 2.32. The van der Waals surface area contributed by atoms with Crippen molar-refractivity contribution in [3.8, 4) is 0 Å². The summed E-state index contributed by atoms with van der Waals surface area (Å²) in [7, 11) is 0. The van der Waals surface area contributed by atoms with Crippen LogP contribution in [0.1, 0.15) is 52.4 Å². The zero-order chi connectivity index (χ0) is 12.9. The van der Waals surface area contributed by atoms with E-state index < -0.39 is 11.5 Å². The van der Waals surface area contributed by atoms with E-state index in [9.17, 15) is 9.59 Å². The van der Waals surface area contributed by atoms with Gasteiger partial charge in [-0.15, -0.1) is 0 Å². The molecule has 0 heterocycles. The number of nitrogens with one attached hydrogen (secondary N) is 1. The molecule has 1 aliphatic carbocycles. The molecular weight excluding hydrogens is 218 g/mol. The number of amides is 1. The first-order chi connectivity index (χ1) is 7.98. The number of hydrogen-bond donors (Lipinski definition) is 2. The SMILES string of the molecule is CCC(C)(NC(=O)CC1=CCCCC1)C(=O)O. The molecule has 0 fully saturated rings. The standard InChI is InChI=1S/C13H21NO3/c1-3-13(2,12(16)17)14-11(15)9-10-7-5-4-6-8-10/h7H,3-6,8-9H2,1-2H3,(H,14,15)(H,16,17). The lowest BCUT2D eigenvalue weighted by atomic mass is 9.95. The Labute approximate surface area is 102 Å². The van der Waals surface area contributed by atoms with Gasteiger partial charge in [0.1, 0.15) is 5.54 Å². The molecule has 0 aromatic rings. The molecule has 0 radical (unpaired) electrons. The van der Waals surface area contributed by atoms with Gasteiger partial charge in [0.25, 0.3) is 0 Å². The van der Waals surface area contributed by atoms with Crippen LogP contribution in [0.2, 0.25) is 0 Å². The molecule has 2 N–H and O–H groups in total. The quantitative estimate of drug-likeness (QED) is 0.723. The van der Waals surface area contributed by atoms with Crippen molar-refractivity contribution in [3.63, 3.8) is 0 Å². The summed E-state index contributed by atoms with van der Waals surface area (Å²) in [4.78, 5) is 22.8. The maximum atomic E-state index is 11.8. The summed E-state index contributed by atoms with van der Waals surface area (Å²) in [5, 5.41) is 11.7. The third-order valence-corrected chi connectivity index (χ3v) is 3.37. The monoisotopic (exact) mass is 239 g/mol. The normalized spacial score (nSPS) is 19.1. The highest BCUT2D eigenvalue weighted by atomic mass is 16.4. The van der Waals surface area contributed by atoms with Crippen molar-refractivity contribution in [2.24, 2.45) is 0 Å². The van der Waals surface area contributed by atoms with Crippen molar-refractivity contribution in [1.82, 2.24) is 5.32 Å². The van der Waals surface area contributed by atoms with E-state index in [2.05, 4.69) is 11.4 Å². The van der Waals surface area contributed by atoms with E-state index in [0.717, 1.165) is 24.8 Å². The summed E-state index contributed by atoms with van der Waals surface area (Å²) in [6, 6.07) is 0. The van der Waals surface area contributed by atoms with Gasteiger partial charge in [0.05, 0.1) is 0 Å². The lowest BCUT2D eigenvalue weighted by Gasteiger charge is -2.25. The van der Waals surface area contributed by atoms with Crippen LogP contribution in [-0.2, 0) is 9.59 Å². The van der Waals surface area contributed by atoms with E-state index in [1.165, 1.54) is 6.42 Å². The molecule has 0 aromatic carbocycles. The Morgan fingerprint density at radius 2 is 2.18 bits per heavy atom. The second kappa shape index (κ2) is 5.84. The summed E-state index contributed by atoms with van der Waals surface area (Å²) in [6.07, 6.45) is 7.13. The number of carbonyl (C=O) groups excluding carboxylic acids is 1. The van der Waals surface area contributed by atoms with Gasteiger partial charge in [0.2, 0.25) is 5.91 Å². The first-order valence-electron chi connectivity index (χ1n) is 6.20. The first-order valence-corrected chi connectivity index (χ1v) is 6.20. The maximum absolute atomic E-state index is 11.8. The molecule has 0 aromatic heterocycles. The predicted molar refractivity (Wildman–Crippen MR) is 65.6 cm³/mol. The highest BCUT2D eigenvalue weighted by Crippen LogP contribution is 2.20. The van der Waals surface area contributed by atoms with Gasteiger partial charge in [-0.05, 0) is 39.0 Å². The molecule has 1 amide bonds. The van der Waals surface area contributed by atoms with E-state index in [4.69, 9.17) is 5.11 Å². The lowest BCUT2D eigenvalue weighted by Crippen LogP contribution is -2.51. The van der Waals surface area contributed by atoms with Crippen molar-refractivity contribution >= 4 is 11.9 Å². The molecule has 1 unspecified atom stereocenters. The first kappa shape index (κ1) is 13.7. The lowest BCUT2D eigenvalue weighted by molar-refractivity contribution is -0.146. The number of carboxylic acids is 1. The van der Waals surface area contributed by atoms with Gasteiger partial charge in [-0.1, -0.05) is 18.6 Å². The predicted octanol–water partition coefficient (Wildman–Crippen LogP) is 2.25. The highest BCUT2D eigenvalue weighted by molar-refractivity contribution is 5.87. The molecule has 17 heavy (non-hydrogen) atoms. The number of allylic oxidation sites excluding steroid dienone is 1. The molecule has 96 valence electrons. The molecular formula is C13H21NO3. The molecule has 1 atom stereocenters. The fourth-order valence-electron chi connectivity index (χ4n) is 1.92. The van der Waals surface area contributed by atoms with E-state index in [0.29, 0.717) is 12.8 Å². The Hall–Kier alpha value is -1.32. The van der Waals surface area contributed by atoms with E-state index in [-0.39, 0.29) is 5.91 Å². The van der Waals surface area contributed by atoms with E-state index >= 15 is 0 Å². The van der Waals surface area contributed by atoms with Crippen molar-refractivity contribution in [2.75, 3.05) is 0 Å². The van der Waals surface area contributed by atoms with Crippen LogP contribution in [0, 0.1) is 0 Å². The van der Waals surface area contributed by atoms with Crippen LogP contribution in [0.15, 0.2) is 11.6 Å². The summed E-state index contributed by atoms with van der Waals surface area (Å²) < 4.78 is 0. The van der Waals surface area contributed by atoms with Crippen LogP contribution in [0.5, 0.6) is 0 Å². The minimum Gasteiger partial charge on any atom is -0.480 e. The van der Waals surface area contributed by atoms with Gasteiger partial charge < -0.3 is 10.4 Å². The van der Waals surface area contributed by atoms with E-state index in [1.54, 1.807) is 13.8 Å². The van der Waals surface area contributed by atoms with Crippen LogP contribution in [0.25, 0.3) is 0 Å². The van der Waals surface area contributed by atoms with Gasteiger partial charge in [0, 0.05) is 6.42 Å². The van der Waals surface area contributed by atoms with Crippen LogP contribution >= 0.6 is 0 Å². The molecule has 0 saturated carbocycles. The number of hydrogen-bond acceptors (Lipinski definition) is 2. The topological polar surface area (TPSA) is 66.4 Å². The Balaban J connectivity index is 2.53. The minimum atomic E-state index is -1.15. The van der Waals surface area contributed by atoms with Crippen LogP contribution in [0.4, 0.5) is 0 Å². The van der Waals surface area contributed by atoms with Gasteiger partial charge in [0.15, 0.2) is 0 Å². The summed E-state index contributed by atoms with van der Waals surface area (Å²) in [5.41, 5.74) is -0.00986. The fraction of sp³-hybridized carbons (Fsp3) is 0.692. The average Bonchev–Trinajstić information content (AvgIpc) is 2.29. The largest absolute Gasteiger partial charge is 0.480 e. The Kier molecular flexibility index (Phi) is 4.73. The zero-order valence-electron chi connectivity index (χ0n) is 10.6. The number of rotatable bonds is 5. The molecule has 0 spiro atoms. The second-order valence-corrected chi connectivity index (χ2v) is 4.82. The number of aliphatic carboxylic acids is 1. The Morgan fingerprint density at radius 3 is 2.65 bits per heavy atom. The molecule has 4 heteroatoms. The molecule has 0 saturated heterocycles. The third kappa shape index (κ3) is 3.88. The summed E-state index contributed by atoms with van der Waals surface area (Å²) in [5.74, 6) is -1.17.